The number of methoxy groups -OCH3 is 1. The number of benzene rings is 1. The van der Waals surface area contributed by atoms with Gasteiger partial charge in [-0.2, -0.15) is 0 Å². The molecule has 2 aliphatic heterocycles. The normalized spacial score (nSPS) is 16.3. The molecule has 3 aromatic heterocycles. The average Bonchev–Trinajstić information content (AvgIpc) is 3.04. The topological polar surface area (TPSA) is 110 Å². The van der Waals surface area contributed by atoms with E-state index in [1.807, 2.05) is 20.8 Å². The predicted octanol–water partition coefficient (Wildman–Crippen LogP) is 5.96. The van der Waals surface area contributed by atoms with Crippen molar-refractivity contribution >= 4 is 34.4 Å². The third kappa shape index (κ3) is 5.64. The molecule has 4 aromatic rings. The second-order valence-electron chi connectivity index (χ2n) is 13.6. The van der Waals surface area contributed by atoms with Gasteiger partial charge in [-0.05, 0) is 70.4 Å². The van der Waals surface area contributed by atoms with Gasteiger partial charge in [0, 0.05) is 31.2 Å². The highest BCUT2D eigenvalue weighted by atomic mass is 19.1. The summed E-state index contributed by atoms with van der Waals surface area (Å²) < 4.78 is 44.2. The lowest BCUT2D eigenvalue weighted by molar-refractivity contribution is -0.121. The molecule has 0 bridgehead atoms. The van der Waals surface area contributed by atoms with E-state index < -0.39 is 34.9 Å². The quantitative estimate of drug-likeness (QED) is 0.255. The van der Waals surface area contributed by atoms with Gasteiger partial charge in [-0.25, -0.2) is 18.6 Å². The molecular weight excluding hydrogens is 634 g/mol. The van der Waals surface area contributed by atoms with Gasteiger partial charge in [0.2, 0.25) is 0 Å². The van der Waals surface area contributed by atoms with Crippen LogP contribution in [0.1, 0.15) is 58.7 Å². The fourth-order valence-electron chi connectivity index (χ4n) is 6.72. The van der Waals surface area contributed by atoms with E-state index in [4.69, 9.17) is 14.5 Å². The van der Waals surface area contributed by atoms with E-state index in [1.54, 1.807) is 44.9 Å². The number of fused-ring (bicyclic) bond motifs is 5. The maximum Gasteiger partial charge on any atom is 0.410 e. The standard InChI is InChI=1S/C36H40F2N6O5/c1-9-42-31-30(43-16-15-41(18-24(43)33(42)45)35(47)49-36(5,6)7)21-17-23(38)28(26-22(37)11-10-12-25(26)48-8)40-32(21)44(34(31)46)29-20(4)13-14-39-27(29)19(2)3/h10-14,17,19,24H,9,15-16,18H2,1-8H3/t24-/m1/s1. The van der Waals surface area contributed by atoms with E-state index in [-0.39, 0.29) is 71.7 Å². The van der Waals surface area contributed by atoms with Gasteiger partial charge < -0.3 is 24.2 Å². The van der Waals surface area contributed by atoms with E-state index >= 15 is 8.78 Å². The molecule has 13 heteroatoms. The van der Waals surface area contributed by atoms with Crippen LogP contribution in [0.2, 0.25) is 0 Å². The Labute approximate surface area is 283 Å². The van der Waals surface area contributed by atoms with Gasteiger partial charge in [-0.3, -0.25) is 19.1 Å². The molecule has 0 N–H and O–H groups in total. The first-order valence-electron chi connectivity index (χ1n) is 16.3. The first-order chi connectivity index (χ1) is 23.2. The lowest BCUT2D eigenvalue weighted by atomic mass is 9.99. The van der Waals surface area contributed by atoms with Gasteiger partial charge in [0.05, 0.1) is 36.3 Å². The van der Waals surface area contributed by atoms with Gasteiger partial charge in [0.25, 0.3) is 11.5 Å². The van der Waals surface area contributed by atoms with Crippen molar-refractivity contribution in [3.8, 4) is 22.7 Å². The number of halogens is 2. The molecule has 0 radical (unpaired) electrons. The number of anilines is 2. The molecule has 49 heavy (non-hydrogen) atoms. The van der Waals surface area contributed by atoms with E-state index in [2.05, 4.69) is 4.98 Å². The highest BCUT2D eigenvalue weighted by molar-refractivity contribution is 6.12. The van der Waals surface area contributed by atoms with Crippen LogP contribution in [0.5, 0.6) is 5.75 Å². The number of hydrogen-bond acceptors (Lipinski definition) is 8. The Morgan fingerprint density at radius 1 is 1.06 bits per heavy atom. The van der Waals surface area contributed by atoms with Crippen molar-refractivity contribution in [1.29, 1.82) is 0 Å². The number of carbonyl (C=O) groups is 2. The van der Waals surface area contributed by atoms with Gasteiger partial charge in [0.1, 0.15) is 34.6 Å². The number of amides is 2. The molecule has 11 nitrogen and oxygen atoms in total. The van der Waals surface area contributed by atoms with Crippen LogP contribution < -0.4 is 20.1 Å². The highest BCUT2D eigenvalue weighted by Gasteiger charge is 2.46. The zero-order chi connectivity index (χ0) is 35.5. The van der Waals surface area contributed by atoms with Crippen LogP contribution in [0, 0.1) is 18.6 Å². The Morgan fingerprint density at radius 3 is 2.45 bits per heavy atom. The molecule has 1 saturated heterocycles. The molecule has 6 rings (SSSR count). The summed E-state index contributed by atoms with van der Waals surface area (Å²) in [5, 5.41) is 0.241. The average molecular weight is 675 g/mol. The van der Waals surface area contributed by atoms with Crippen LogP contribution in [0.15, 0.2) is 41.3 Å². The number of nitrogens with zero attached hydrogens (tertiary/aromatic N) is 6. The van der Waals surface area contributed by atoms with Crippen LogP contribution in [0.25, 0.3) is 28.0 Å². The summed E-state index contributed by atoms with van der Waals surface area (Å²) in [5.74, 6) is -2.04. The summed E-state index contributed by atoms with van der Waals surface area (Å²) in [6.07, 6.45) is 1.10. The summed E-state index contributed by atoms with van der Waals surface area (Å²) in [6.45, 7) is 13.2. The second-order valence-corrected chi connectivity index (χ2v) is 13.6. The van der Waals surface area contributed by atoms with E-state index in [0.717, 1.165) is 0 Å². The van der Waals surface area contributed by atoms with Crippen LogP contribution in [0.3, 0.4) is 0 Å². The number of rotatable bonds is 5. The number of ether oxygens (including phenoxy) is 2. The zero-order valence-corrected chi connectivity index (χ0v) is 28.9. The molecule has 0 spiro atoms. The SMILES string of the molecule is CCN1C(=O)[C@H]2CN(C(=O)OC(C)(C)C)CCN2c2c1c(=O)n(-c1c(C)ccnc1C(C)C)c1nc(-c3c(F)cccc3OC)c(F)cc21. The molecule has 1 aromatic carbocycles. The summed E-state index contributed by atoms with van der Waals surface area (Å²) in [7, 11) is 1.35. The molecule has 0 unspecified atom stereocenters. The Bertz CT molecular complexity index is 2060. The molecule has 0 saturated carbocycles. The second kappa shape index (κ2) is 12.4. The number of pyridine rings is 3. The number of piperazine rings is 1. The fourth-order valence-corrected chi connectivity index (χ4v) is 6.72. The Kier molecular flexibility index (Phi) is 8.58. The van der Waals surface area contributed by atoms with E-state index in [0.29, 0.717) is 22.6 Å². The predicted molar refractivity (Wildman–Crippen MR) is 183 cm³/mol. The van der Waals surface area contributed by atoms with Crippen LogP contribution in [0.4, 0.5) is 25.0 Å². The van der Waals surface area contributed by atoms with Crippen LogP contribution >= 0.6 is 0 Å². The third-order valence-corrected chi connectivity index (χ3v) is 8.87. The molecule has 258 valence electrons. The van der Waals surface area contributed by atoms with Crippen molar-refractivity contribution in [2.24, 2.45) is 0 Å². The monoisotopic (exact) mass is 674 g/mol. The van der Waals surface area contributed by atoms with Crippen molar-refractivity contribution in [3.63, 3.8) is 0 Å². The smallest absolute Gasteiger partial charge is 0.410 e. The first kappa shape index (κ1) is 33.8. The Balaban J connectivity index is 1.69. The minimum Gasteiger partial charge on any atom is -0.496 e. The summed E-state index contributed by atoms with van der Waals surface area (Å²) in [5.41, 5.74) is 0.347. The molecular formula is C36H40F2N6O5. The third-order valence-electron chi connectivity index (χ3n) is 8.87. The maximum atomic E-state index is 16.4. The van der Waals surface area contributed by atoms with Crippen molar-refractivity contribution in [2.45, 2.75) is 66.0 Å². The van der Waals surface area contributed by atoms with Gasteiger partial charge >= 0.3 is 6.09 Å². The molecule has 5 heterocycles. The van der Waals surface area contributed by atoms with Crippen LogP contribution in [-0.4, -0.2) is 76.4 Å². The van der Waals surface area contributed by atoms with Gasteiger partial charge in [-0.1, -0.05) is 19.9 Å². The minimum atomic E-state index is -0.882. The van der Waals surface area contributed by atoms with Crippen molar-refractivity contribution in [2.75, 3.05) is 43.1 Å². The zero-order valence-electron chi connectivity index (χ0n) is 28.9. The molecule has 0 aliphatic carbocycles. The molecule has 1 atom stereocenters. The number of aryl methyl sites for hydroxylation is 1. The largest absolute Gasteiger partial charge is 0.496 e. The van der Waals surface area contributed by atoms with E-state index in [9.17, 15) is 14.4 Å². The van der Waals surface area contributed by atoms with Crippen molar-refractivity contribution < 1.29 is 27.8 Å². The lowest BCUT2D eigenvalue weighted by Gasteiger charge is -2.48. The summed E-state index contributed by atoms with van der Waals surface area (Å²) >= 11 is 0. The fraction of sp³-hybridized carbons (Fsp3) is 0.417. The van der Waals surface area contributed by atoms with Gasteiger partial charge in [0.15, 0.2) is 11.5 Å². The summed E-state index contributed by atoms with van der Waals surface area (Å²) in [6, 6.07) is 6.26. The number of likely N-dealkylation sites (N-methyl/N-ethyl adjacent to an activating group) is 1. The number of aromatic nitrogens is 3. The van der Waals surface area contributed by atoms with E-state index in [1.165, 1.54) is 45.7 Å². The first-order valence-corrected chi connectivity index (χ1v) is 16.3. The number of carbonyl (C=O) groups excluding carboxylic acids is 2. The minimum absolute atomic E-state index is 0.00606. The molecule has 2 amide bonds. The Morgan fingerprint density at radius 2 is 1.80 bits per heavy atom. The van der Waals surface area contributed by atoms with Crippen LogP contribution in [-0.2, 0) is 9.53 Å². The number of hydrogen-bond donors (Lipinski definition) is 0. The lowest BCUT2D eigenvalue weighted by Crippen LogP contribution is -2.64. The van der Waals surface area contributed by atoms with Crippen molar-refractivity contribution in [3.05, 3.63) is 69.8 Å². The Hall–Kier alpha value is -5.07. The molecule has 2 aliphatic rings. The highest BCUT2D eigenvalue weighted by Crippen LogP contribution is 2.43. The molecule has 1 fully saturated rings. The van der Waals surface area contributed by atoms with Crippen molar-refractivity contribution in [1.82, 2.24) is 19.4 Å². The maximum absolute atomic E-state index is 16.4. The van der Waals surface area contributed by atoms with Gasteiger partial charge in [-0.15, -0.1) is 0 Å². The summed E-state index contributed by atoms with van der Waals surface area (Å²) in [4.78, 5) is 56.2.